The molecule has 0 spiro atoms. The molecule has 2 aromatic carbocycles. The predicted octanol–water partition coefficient (Wildman–Crippen LogP) is 3.27. The van der Waals surface area contributed by atoms with Gasteiger partial charge in [-0.2, -0.15) is 0 Å². The first-order valence-electron chi connectivity index (χ1n) is 9.97. The lowest BCUT2D eigenvalue weighted by atomic mass is 9.75. The molecule has 1 N–H and O–H groups in total. The van der Waals surface area contributed by atoms with Crippen LogP contribution in [-0.2, 0) is 24.7 Å². The number of rotatable bonds is 4. The smallest absolute Gasteiger partial charge is 0.331 e. The molecular weight excluding hydrogens is 412 g/mol. The summed E-state index contributed by atoms with van der Waals surface area (Å²) < 4.78 is 5.21. The van der Waals surface area contributed by atoms with Crippen LogP contribution in [0.5, 0.6) is 0 Å². The number of methoxy groups -OCH3 is 1. The Labute approximate surface area is 183 Å². The molecule has 4 atom stereocenters. The molecule has 6 nitrogen and oxygen atoms in total. The minimum atomic E-state index is -1.47. The van der Waals surface area contributed by atoms with Gasteiger partial charge in [-0.15, -0.1) is 11.3 Å². The van der Waals surface area contributed by atoms with Gasteiger partial charge < -0.3 is 4.74 Å². The van der Waals surface area contributed by atoms with Crippen molar-refractivity contribution in [1.82, 2.24) is 5.32 Å². The molecule has 2 saturated heterocycles. The third-order valence-electron chi connectivity index (χ3n) is 6.16. The van der Waals surface area contributed by atoms with Crippen molar-refractivity contribution in [3.8, 4) is 0 Å². The number of hydrogen-bond donors (Lipinski definition) is 1. The number of nitrogens with one attached hydrogen (secondary N) is 1. The molecule has 156 valence electrons. The minimum Gasteiger partial charge on any atom is -0.467 e. The maximum atomic E-state index is 13.8. The molecule has 0 saturated carbocycles. The molecule has 5 rings (SSSR count). The van der Waals surface area contributed by atoms with Crippen molar-refractivity contribution in [2.75, 3.05) is 12.0 Å². The fourth-order valence-corrected chi connectivity index (χ4v) is 5.71. The molecule has 0 bridgehead atoms. The minimum absolute atomic E-state index is 0.311. The Morgan fingerprint density at radius 3 is 2.26 bits per heavy atom. The number of benzene rings is 2. The number of fused-ring (bicyclic) bond motifs is 1. The molecule has 0 radical (unpaired) electrons. The van der Waals surface area contributed by atoms with Gasteiger partial charge in [0.2, 0.25) is 11.8 Å². The summed E-state index contributed by atoms with van der Waals surface area (Å²) in [5, 5.41) is 5.30. The van der Waals surface area contributed by atoms with Crippen LogP contribution in [0.4, 0.5) is 5.69 Å². The number of hydrogen-bond acceptors (Lipinski definition) is 6. The van der Waals surface area contributed by atoms with Gasteiger partial charge in [0.1, 0.15) is 0 Å². The third-order valence-corrected chi connectivity index (χ3v) is 7.12. The van der Waals surface area contributed by atoms with Crippen LogP contribution in [0.1, 0.15) is 16.5 Å². The Bertz CT molecular complexity index is 1130. The van der Waals surface area contributed by atoms with Crippen LogP contribution in [0.2, 0.25) is 0 Å². The number of thiophene rings is 1. The molecule has 3 aromatic rings. The summed E-state index contributed by atoms with van der Waals surface area (Å²) in [4.78, 5) is 42.9. The van der Waals surface area contributed by atoms with E-state index in [-0.39, 0.29) is 5.91 Å². The summed E-state index contributed by atoms with van der Waals surface area (Å²) in [5.41, 5.74) is -0.360. The van der Waals surface area contributed by atoms with E-state index in [1.807, 2.05) is 41.8 Å². The maximum Gasteiger partial charge on any atom is 0.331 e. The Kier molecular flexibility index (Phi) is 4.72. The lowest BCUT2D eigenvalue weighted by Gasteiger charge is -2.32. The van der Waals surface area contributed by atoms with Crippen molar-refractivity contribution in [3.05, 3.63) is 88.6 Å². The van der Waals surface area contributed by atoms with E-state index in [0.717, 1.165) is 4.88 Å². The first-order chi connectivity index (χ1) is 15.1. The second-order valence-electron chi connectivity index (χ2n) is 7.65. The Morgan fingerprint density at radius 1 is 0.968 bits per heavy atom. The number of esters is 1. The fraction of sp³-hybridized carbons (Fsp3) is 0.208. The molecule has 0 aliphatic carbocycles. The zero-order valence-electron chi connectivity index (χ0n) is 16.7. The van der Waals surface area contributed by atoms with Crippen LogP contribution < -0.4 is 10.2 Å². The standard InChI is InChI=1S/C24H20N2O4S/c1-30-23(29)24(15-9-4-2-5-10-15)19-18(20(25-24)17-13-8-14-31-17)21(27)26(22(19)28)16-11-6-3-7-12-16/h2-14,18-20,25H,1H3/t18-,19+,20+,24+/m0/s1. The molecule has 3 heterocycles. The Balaban J connectivity index is 1.73. The molecular formula is C24H20N2O4S. The van der Waals surface area contributed by atoms with Crippen molar-refractivity contribution in [2.45, 2.75) is 11.6 Å². The van der Waals surface area contributed by atoms with Gasteiger partial charge >= 0.3 is 5.97 Å². The van der Waals surface area contributed by atoms with Crippen LogP contribution in [0.25, 0.3) is 0 Å². The number of carbonyl (C=O) groups excluding carboxylic acids is 3. The van der Waals surface area contributed by atoms with Crippen molar-refractivity contribution >= 4 is 34.8 Å². The number of nitrogens with zero attached hydrogens (tertiary/aromatic N) is 1. The van der Waals surface area contributed by atoms with Crippen LogP contribution in [0, 0.1) is 11.8 Å². The van der Waals surface area contributed by atoms with E-state index in [1.54, 1.807) is 36.4 Å². The molecule has 2 aliphatic rings. The number of ether oxygens (including phenoxy) is 1. The van der Waals surface area contributed by atoms with Crippen molar-refractivity contribution in [1.29, 1.82) is 0 Å². The SMILES string of the molecule is COC(=O)[C@]1(c2ccccc2)N[C@H](c2cccs2)[C@H]2C(=O)N(c3ccccc3)C(=O)[C@@H]21. The molecule has 2 amide bonds. The highest BCUT2D eigenvalue weighted by Crippen LogP contribution is 2.54. The van der Waals surface area contributed by atoms with E-state index in [0.29, 0.717) is 11.3 Å². The number of amides is 2. The normalized spacial score (nSPS) is 27.4. The lowest BCUT2D eigenvalue weighted by molar-refractivity contribution is -0.152. The average molecular weight is 433 g/mol. The lowest BCUT2D eigenvalue weighted by Crippen LogP contribution is -2.53. The van der Waals surface area contributed by atoms with Crippen LogP contribution in [-0.4, -0.2) is 24.9 Å². The van der Waals surface area contributed by atoms with Crippen molar-refractivity contribution in [2.24, 2.45) is 11.8 Å². The molecule has 0 unspecified atom stereocenters. The van der Waals surface area contributed by atoms with Crippen molar-refractivity contribution in [3.63, 3.8) is 0 Å². The second-order valence-corrected chi connectivity index (χ2v) is 8.63. The Hall–Kier alpha value is -3.29. The van der Waals surface area contributed by atoms with Gasteiger partial charge in [-0.05, 0) is 29.1 Å². The zero-order chi connectivity index (χ0) is 21.6. The highest BCUT2D eigenvalue weighted by Gasteiger charge is 2.69. The third kappa shape index (κ3) is 2.77. The molecule has 31 heavy (non-hydrogen) atoms. The van der Waals surface area contributed by atoms with Crippen LogP contribution in [0.3, 0.4) is 0 Å². The number of anilines is 1. The second kappa shape index (κ2) is 7.44. The predicted molar refractivity (Wildman–Crippen MR) is 116 cm³/mol. The summed E-state index contributed by atoms with van der Waals surface area (Å²) in [6.45, 7) is 0. The van der Waals surface area contributed by atoms with Gasteiger partial charge in [0.15, 0.2) is 5.54 Å². The Morgan fingerprint density at radius 2 is 1.65 bits per heavy atom. The number of para-hydroxylation sites is 1. The number of carbonyl (C=O) groups is 3. The van der Waals surface area contributed by atoms with Gasteiger partial charge in [0, 0.05) is 4.88 Å². The fourth-order valence-electron chi connectivity index (χ4n) is 4.88. The van der Waals surface area contributed by atoms with E-state index in [1.165, 1.54) is 23.3 Å². The number of imide groups is 1. The highest BCUT2D eigenvalue weighted by molar-refractivity contribution is 7.10. The average Bonchev–Trinajstić information content (AvgIpc) is 3.51. The van der Waals surface area contributed by atoms with Gasteiger partial charge in [-0.1, -0.05) is 54.6 Å². The van der Waals surface area contributed by atoms with Gasteiger partial charge in [-0.3, -0.25) is 14.9 Å². The summed E-state index contributed by atoms with van der Waals surface area (Å²) in [5.74, 6) is -2.95. The van der Waals surface area contributed by atoms with Crippen LogP contribution in [0.15, 0.2) is 78.2 Å². The summed E-state index contributed by atoms with van der Waals surface area (Å²) >= 11 is 1.49. The molecule has 2 aliphatic heterocycles. The van der Waals surface area contributed by atoms with E-state index in [2.05, 4.69) is 5.32 Å². The zero-order valence-corrected chi connectivity index (χ0v) is 17.5. The van der Waals surface area contributed by atoms with E-state index in [4.69, 9.17) is 4.74 Å². The maximum absolute atomic E-state index is 13.8. The monoisotopic (exact) mass is 432 g/mol. The largest absolute Gasteiger partial charge is 0.467 e. The van der Waals surface area contributed by atoms with Crippen molar-refractivity contribution < 1.29 is 19.1 Å². The summed E-state index contributed by atoms with van der Waals surface area (Å²) in [6.07, 6.45) is 0. The summed E-state index contributed by atoms with van der Waals surface area (Å²) in [7, 11) is 1.30. The first-order valence-corrected chi connectivity index (χ1v) is 10.9. The van der Waals surface area contributed by atoms with E-state index >= 15 is 0 Å². The first kappa shape index (κ1) is 19.7. The van der Waals surface area contributed by atoms with Gasteiger partial charge in [-0.25, -0.2) is 9.69 Å². The molecule has 2 fully saturated rings. The quantitative estimate of drug-likeness (QED) is 0.506. The van der Waals surface area contributed by atoms with Crippen LogP contribution >= 0.6 is 11.3 Å². The van der Waals surface area contributed by atoms with Gasteiger partial charge in [0.05, 0.1) is 30.7 Å². The van der Waals surface area contributed by atoms with E-state index in [9.17, 15) is 14.4 Å². The molecule has 7 heteroatoms. The van der Waals surface area contributed by atoms with E-state index < -0.39 is 35.3 Å². The summed E-state index contributed by atoms with van der Waals surface area (Å²) in [6, 6.07) is 21.2. The molecule has 1 aromatic heterocycles. The highest BCUT2D eigenvalue weighted by atomic mass is 32.1. The van der Waals surface area contributed by atoms with Gasteiger partial charge in [0.25, 0.3) is 0 Å². The topological polar surface area (TPSA) is 75.7 Å².